The molecule has 0 radical (unpaired) electrons. The van der Waals surface area contributed by atoms with Gasteiger partial charge in [0.25, 0.3) is 0 Å². The summed E-state index contributed by atoms with van der Waals surface area (Å²) < 4.78 is 47.0. The van der Waals surface area contributed by atoms with Crippen molar-refractivity contribution in [1.82, 2.24) is 0 Å². The van der Waals surface area contributed by atoms with E-state index in [1.54, 1.807) is 0 Å². The zero-order chi connectivity index (χ0) is 16.2. The van der Waals surface area contributed by atoms with E-state index < -0.39 is 44.9 Å². The molecule has 0 bridgehead atoms. The van der Waals surface area contributed by atoms with Crippen LogP contribution in [0.25, 0.3) is 0 Å². The van der Waals surface area contributed by atoms with Crippen LogP contribution in [0.4, 0.5) is 14.5 Å². The number of hydrogen-bond acceptors (Lipinski definition) is 5. The van der Waals surface area contributed by atoms with Crippen molar-refractivity contribution >= 4 is 27.5 Å². The highest BCUT2D eigenvalue weighted by Crippen LogP contribution is 2.20. The lowest BCUT2D eigenvalue weighted by Crippen LogP contribution is -2.31. The van der Waals surface area contributed by atoms with Crippen molar-refractivity contribution in [3.05, 3.63) is 24.3 Å². The van der Waals surface area contributed by atoms with Gasteiger partial charge in [0.05, 0.1) is 11.3 Å². The Bertz CT molecular complexity index is 629. The van der Waals surface area contributed by atoms with Crippen molar-refractivity contribution < 1.29 is 37.0 Å². The van der Waals surface area contributed by atoms with Crippen molar-refractivity contribution in [2.45, 2.75) is 23.1 Å². The number of anilines is 1. The fourth-order valence-electron chi connectivity index (χ4n) is 1.42. The number of rotatable bonds is 7. The fourth-order valence-corrected chi connectivity index (χ4v) is 2.14. The van der Waals surface area contributed by atoms with Crippen molar-refractivity contribution in [1.29, 1.82) is 0 Å². The van der Waals surface area contributed by atoms with E-state index in [0.29, 0.717) is 0 Å². The van der Waals surface area contributed by atoms with Crippen LogP contribution in [-0.2, 0) is 19.4 Å². The van der Waals surface area contributed by atoms with Gasteiger partial charge < -0.3 is 15.5 Å². The molecule has 1 rings (SSSR count). The van der Waals surface area contributed by atoms with Crippen molar-refractivity contribution in [2.24, 2.45) is 0 Å². The molecule has 0 heterocycles. The zero-order valence-corrected chi connectivity index (χ0v) is 11.2. The molecule has 0 amide bonds. The molecule has 0 saturated heterocycles. The van der Waals surface area contributed by atoms with Crippen LogP contribution in [0.2, 0.25) is 0 Å². The number of benzene rings is 1. The van der Waals surface area contributed by atoms with E-state index in [2.05, 4.69) is 5.32 Å². The summed E-state index contributed by atoms with van der Waals surface area (Å²) in [6.07, 6.45) is -0.702. The number of carbonyl (C=O) groups is 2. The maximum atomic E-state index is 12.3. The Balaban J connectivity index is 2.92. The monoisotopic (exact) mass is 323 g/mol. The Kier molecular flexibility index (Phi) is 5.19. The predicted octanol–water partition coefficient (Wildman–Crippen LogP) is 1.02. The smallest absolute Gasteiger partial charge is 0.341 e. The molecule has 0 saturated carbocycles. The summed E-state index contributed by atoms with van der Waals surface area (Å²) in [5.74, 6) is -6.32. The molecule has 0 aliphatic carbocycles. The molecule has 10 heteroatoms. The van der Waals surface area contributed by atoms with Gasteiger partial charge in [-0.3, -0.25) is 4.79 Å². The summed E-state index contributed by atoms with van der Waals surface area (Å²) in [6.45, 7) is 0. The maximum absolute atomic E-state index is 12.3. The van der Waals surface area contributed by atoms with E-state index in [9.17, 15) is 26.8 Å². The number of nitrogens with one attached hydrogen (secondary N) is 1. The Morgan fingerprint density at radius 2 is 1.67 bits per heavy atom. The van der Waals surface area contributed by atoms with Gasteiger partial charge in [0.1, 0.15) is 6.04 Å². The lowest BCUT2D eigenvalue weighted by molar-refractivity contribution is -0.144. The van der Waals surface area contributed by atoms with E-state index in [1.165, 1.54) is 0 Å². The molecule has 1 unspecified atom stereocenters. The molecule has 0 aliphatic rings. The Morgan fingerprint density at radius 1 is 1.14 bits per heavy atom. The van der Waals surface area contributed by atoms with Gasteiger partial charge in [-0.05, 0) is 24.3 Å². The highest BCUT2D eigenvalue weighted by molar-refractivity contribution is 7.91. The average Bonchev–Trinajstić information content (AvgIpc) is 2.37. The molecule has 0 aromatic heterocycles. The molecule has 3 N–H and O–H groups in total. The second-order valence-corrected chi connectivity index (χ2v) is 5.88. The molecular formula is C11H11F2NO6S. The predicted molar refractivity (Wildman–Crippen MR) is 66.9 cm³/mol. The summed E-state index contributed by atoms with van der Waals surface area (Å²) in [5.41, 5.74) is 0.0943. The van der Waals surface area contributed by atoms with Crippen LogP contribution in [0, 0.1) is 0 Å². The van der Waals surface area contributed by atoms with Gasteiger partial charge in [-0.15, -0.1) is 0 Å². The third-order valence-corrected chi connectivity index (χ3v) is 3.83. The number of halogens is 2. The third kappa shape index (κ3) is 4.38. The van der Waals surface area contributed by atoms with Crippen LogP contribution >= 0.6 is 0 Å². The Hall–Kier alpha value is -2.23. The first-order chi connectivity index (χ1) is 9.64. The van der Waals surface area contributed by atoms with Crippen LogP contribution in [0.5, 0.6) is 0 Å². The van der Waals surface area contributed by atoms with Gasteiger partial charge in [-0.1, -0.05) is 0 Å². The largest absolute Gasteiger partial charge is 0.481 e. The van der Waals surface area contributed by atoms with E-state index in [4.69, 9.17) is 10.2 Å². The number of aliphatic carboxylic acids is 2. The number of hydrogen-bond donors (Lipinski definition) is 3. The zero-order valence-electron chi connectivity index (χ0n) is 10.4. The van der Waals surface area contributed by atoms with E-state index >= 15 is 0 Å². The maximum Gasteiger partial charge on any atom is 0.341 e. The lowest BCUT2D eigenvalue weighted by Gasteiger charge is -2.14. The molecule has 1 aromatic carbocycles. The van der Waals surface area contributed by atoms with Gasteiger partial charge >= 0.3 is 17.7 Å². The third-order valence-electron chi connectivity index (χ3n) is 2.44. The molecule has 7 nitrogen and oxygen atoms in total. The number of sulfone groups is 1. The van der Waals surface area contributed by atoms with E-state index in [1.807, 2.05) is 0 Å². The van der Waals surface area contributed by atoms with Gasteiger partial charge in [0.15, 0.2) is 0 Å². The Labute approximate surface area is 118 Å². The number of carboxylic acids is 2. The molecule has 116 valence electrons. The van der Waals surface area contributed by atoms with E-state index in [0.717, 1.165) is 24.3 Å². The lowest BCUT2D eigenvalue weighted by atomic mass is 10.2. The van der Waals surface area contributed by atoms with Crippen LogP contribution in [-0.4, -0.2) is 42.4 Å². The average molecular weight is 323 g/mol. The van der Waals surface area contributed by atoms with Crippen LogP contribution in [0.3, 0.4) is 0 Å². The molecule has 21 heavy (non-hydrogen) atoms. The summed E-state index contributed by atoms with van der Waals surface area (Å²) >= 11 is 0. The number of carboxylic acid groups (broad SMARTS) is 2. The highest BCUT2D eigenvalue weighted by atomic mass is 32.2. The van der Waals surface area contributed by atoms with E-state index in [-0.39, 0.29) is 5.69 Å². The summed E-state index contributed by atoms with van der Waals surface area (Å²) in [5, 5.41) is 19.7. The van der Waals surface area contributed by atoms with Crippen molar-refractivity contribution in [3.63, 3.8) is 0 Å². The SMILES string of the molecule is O=C(O)CC(Nc1ccc(S(=O)(=O)C(F)F)cc1)C(=O)O. The molecule has 0 aliphatic heterocycles. The fraction of sp³-hybridized carbons (Fsp3) is 0.273. The summed E-state index contributed by atoms with van der Waals surface area (Å²) in [4.78, 5) is 20.7. The quantitative estimate of drug-likeness (QED) is 0.685. The molecule has 0 fully saturated rings. The second kappa shape index (κ2) is 6.48. The normalized spacial score (nSPS) is 12.9. The van der Waals surface area contributed by atoms with Gasteiger partial charge in [-0.2, -0.15) is 8.78 Å². The summed E-state index contributed by atoms with van der Waals surface area (Å²) in [6, 6.07) is 2.48. The molecule has 0 spiro atoms. The minimum absolute atomic E-state index is 0.0943. The molecular weight excluding hydrogens is 312 g/mol. The second-order valence-electron chi connectivity index (χ2n) is 3.96. The first-order valence-electron chi connectivity index (χ1n) is 5.48. The first-order valence-corrected chi connectivity index (χ1v) is 7.02. The van der Waals surface area contributed by atoms with Crippen molar-refractivity contribution in [3.8, 4) is 0 Å². The van der Waals surface area contributed by atoms with Crippen LogP contribution in [0.1, 0.15) is 6.42 Å². The molecule has 1 atom stereocenters. The highest BCUT2D eigenvalue weighted by Gasteiger charge is 2.26. The van der Waals surface area contributed by atoms with Gasteiger partial charge in [0.2, 0.25) is 9.84 Å². The van der Waals surface area contributed by atoms with Crippen LogP contribution < -0.4 is 5.32 Å². The minimum Gasteiger partial charge on any atom is -0.481 e. The Morgan fingerprint density at radius 3 is 2.05 bits per heavy atom. The molecule has 1 aromatic rings. The topological polar surface area (TPSA) is 121 Å². The van der Waals surface area contributed by atoms with Crippen LogP contribution in [0.15, 0.2) is 29.2 Å². The minimum atomic E-state index is -4.73. The number of alkyl halides is 2. The van der Waals surface area contributed by atoms with Crippen molar-refractivity contribution in [2.75, 3.05) is 5.32 Å². The van der Waals surface area contributed by atoms with Gasteiger partial charge in [0, 0.05) is 5.69 Å². The van der Waals surface area contributed by atoms with Gasteiger partial charge in [-0.25, -0.2) is 13.2 Å². The first kappa shape index (κ1) is 16.8. The summed E-state index contributed by atoms with van der Waals surface area (Å²) in [7, 11) is -4.73. The standard InChI is InChI=1S/C11H11F2NO6S/c12-11(13)21(19,20)7-3-1-6(2-4-7)14-8(10(17)18)5-9(15)16/h1-4,8,11,14H,5H2,(H,15,16)(H,17,18).